The monoisotopic (exact) mass is 358 g/mol. The molecule has 7 nitrogen and oxygen atoms in total. The topological polar surface area (TPSA) is 76.5 Å². The van der Waals surface area contributed by atoms with Crippen LogP contribution >= 0.6 is 0 Å². The van der Waals surface area contributed by atoms with Gasteiger partial charge in [0.1, 0.15) is 6.54 Å². The van der Waals surface area contributed by atoms with Gasteiger partial charge in [0.2, 0.25) is 5.91 Å². The van der Waals surface area contributed by atoms with E-state index >= 15 is 0 Å². The van der Waals surface area contributed by atoms with Crippen molar-refractivity contribution >= 4 is 16.8 Å². The summed E-state index contributed by atoms with van der Waals surface area (Å²) in [5.41, 5.74) is 1.27. The van der Waals surface area contributed by atoms with E-state index in [-0.39, 0.29) is 23.6 Å². The Bertz CT molecular complexity index is 853. The van der Waals surface area contributed by atoms with Crippen LogP contribution in [-0.4, -0.2) is 58.7 Å². The summed E-state index contributed by atoms with van der Waals surface area (Å²) in [6.45, 7) is 9.75. The predicted octanol–water partition coefficient (Wildman–Crippen LogP) is 0.932. The number of ether oxygens (including phenoxy) is 1. The van der Waals surface area contributed by atoms with Gasteiger partial charge in [0.25, 0.3) is 5.56 Å². The minimum atomic E-state index is -0.193. The van der Waals surface area contributed by atoms with E-state index in [4.69, 9.17) is 4.74 Å². The number of carbonyl (C=O) groups excluding carboxylic acids is 1. The van der Waals surface area contributed by atoms with Gasteiger partial charge in [-0.05, 0) is 32.4 Å². The Kier molecular flexibility index (Phi) is 5.38. The number of morpholine rings is 1. The number of nitrogens with one attached hydrogen (secondary N) is 1. The lowest BCUT2D eigenvalue weighted by atomic mass is 10.0. The van der Waals surface area contributed by atoms with Crippen molar-refractivity contribution < 1.29 is 9.53 Å². The Hall–Kier alpha value is -2.25. The number of amides is 1. The number of para-hydroxylation sites is 1. The first-order chi connectivity index (χ1) is 12.4. The normalized spacial score (nSPS) is 16.0. The van der Waals surface area contributed by atoms with Crippen molar-refractivity contribution in [3.8, 4) is 0 Å². The second-order valence-electron chi connectivity index (χ2n) is 7.34. The number of benzene rings is 1. The van der Waals surface area contributed by atoms with E-state index in [1.165, 1.54) is 10.9 Å². The van der Waals surface area contributed by atoms with Crippen molar-refractivity contribution in [2.45, 2.75) is 32.9 Å². The maximum absolute atomic E-state index is 12.6. The van der Waals surface area contributed by atoms with Crippen LogP contribution in [0, 0.1) is 6.92 Å². The zero-order valence-electron chi connectivity index (χ0n) is 15.6. The van der Waals surface area contributed by atoms with Crippen molar-refractivity contribution in [2.75, 3.05) is 32.8 Å². The molecule has 0 atom stereocenters. The molecule has 1 fully saturated rings. The van der Waals surface area contributed by atoms with Crippen molar-refractivity contribution in [1.29, 1.82) is 0 Å². The van der Waals surface area contributed by atoms with Crippen LogP contribution < -0.4 is 10.9 Å². The molecule has 0 aliphatic carbocycles. The first kappa shape index (κ1) is 18.5. The van der Waals surface area contributed by atoms with E-state index in [1.807, 2.05) is 19.1 Å². The van der Waals surface area contributed by atoms with E-state index in [9.17, 15) is 9.59 Å². The molecule has 26 heavy (non-hydrogen) atoms. The Morgan fingerprint density at radius 1 is 1.31 bits per heavy atom. The SMILES string of the molecule is Cc1cccc2c(=O)n(CC(=O)NCC(C)(C)N3CCOCC3)cnc12. The predicted molar refractivity (Wildman–Crippen MR) is 100 cm³/mol. The number of fused-ring (bicyclic) bond motifs is 1. The van der Waals surface area contributed by atoms with Gasteiger partial charge in [-0.25, -0.2) is 4.98 Å². The van der Waals surface area contributed by atoms with Crippen molar-refractivity contribution in [2.24, 2.45) is 0 Å². The van der Waals surface area contributed by atoms with Crippen molar-refractivity contribution in [3.05, 3.63) is 40.4 Å². The summed E-state index contributed by atoms with van der Waals surface area (Å²) >= 11 is 0. The molecular weight excluding hydrogens is 332 g/mol. The summed E-state index contributed by atoms with van der Waals surface area (Å²) in [6.07, 6.45) is 1.45. The van der Waals surface area contributed by atoms with Crippen molar-refractivity contribution in [3.63, 3.8) is 0 Å². The zero-order chi connectivity index (χ0) is 18.7. The molecule has 2 aromatic rings. The summed E-state index contributed by atoms with van der Waals surface area (Å²) in [5.74, 6) is -0.192. The van der Waals surface area contributed by atoms with E-state index < -0.39 is 0 Å². The van der Waals surface area contributed by atoms with Crippen LogP contribution in [-0.2, 0) is 16.1 Å². The number of rotatable bonds is 5. The van der Waals surface area contributed by atoms with Gasteiger partial charge in [0, 0.05) is 25.2 Å². The number of hydrogen-bond acceptors (Lipinski definition) is 5. The highest BCUT2D eigenvalue weighted by Gasteiger charge is 2.28. The summed E-state index contributed by atoms with van der Waals surface area (Å²) < 4.78 is 6.74. The number of aromatic nitrogens is 2. The molecule has 7 heteroatoms. The first-order valence-electron chi connectivity index (χ1n) is 8.93. The molecule has 2 heterocycles. The van der Waals surface area contributed by atoms with Crippen LogP contribution in [0.15, 0.2) is 29.3 Å². The number of carbonyl (C=O) groups is 1. The van der Waals surface area contributed by atoms with Crippen LogP contribution in [0.4, 0.5) is 0 Å². The summed E-state index contributed by atoms with van der Waals surface area (Å²) in [5, 5.41) is 3.48. The molecule has 0 radical (unpaired) electrons. The molecule has 1 saturated heterocycles. The van der Waals surface area contributed by atoms with Gasteiger partial charge in [-0.3, -0.25) is 19.1 Å². The van der Waals surface area contributed by atoms with Crippen LogP contribution in [0.1, 0.15) is 19.4 Å². The summed E-state index contributed by atoms with van der Waals surface area (Å²) in [4.78, 5) is 31.6. The van der Waals surface area contributed by atoms with Crippen LogP contribution in [0.3, 0.4) is 0 Å². The van der Waals surface area contributed by atoms with E-state index in [1.54, 1.807) is 6.07 Å². The maximum Gasteiger partial charge on any atom is 0.261 e. The molecule has 1 aromatic heterocycles. The lowest BCUT2D eigenvalue weighted by Crippen LogP contribution is -2.55. The Morgan fingerprint density at radius 3 is 2.77 bits per heavy atom. The Labute approximate surface area is 153 Å². The number of nitrogens with zero attached hydrogens (tertiary/aromatic N) is 3. The smallest absolute Gasteiger partial charge is 0.261 e. The van der Waals surface area contributed by atoms with E-state index in [0.29, 0.717) is 17.4 Å². The maximum atomic E-state index is 12.6. The molecule has 3 rings (SSSR count). The molecule has 1 amide bonds. The highest BCUT2D eigenvalue weighted by Crippen LogP contribution is 2.15. The molecule has 1 aromatic carbocycles. The third-order valence-electron chi connectivity index (χ3n) is 4.95. The van der Waals surface area contributed by atoms with E-state index in [2.05, 4.69) is 29.0 Å². The third kappa shape index (κ3) is 3.94. The second kappa shape index (κ2) is 7.55. The Balaban J connectivity index is 1.66. The quantitative estimate of drug-likeness (QED) is 0.861. The number of hydrogen-bond donors (Lipinski definition) is 1. The zero-order valence-corrected chi connectivity index (χ0v) is 15.6. The molecule has 0 bridgehead atoms. The second-order valence-corrected chi connectivity index (χ2v) is 7.34. The minimum Gasteiger partial charge on any atom is -0.379 e. The summed E-state index contributed by atoms with van der Waals surface area (Å²) in [7, 11) is 0. The van der Waals surface area contributed by atoms with Gasteiger partial charge in [-0.15, -0.1) is 0 Å². The molecule has 0 saturated carbocycles. The summed E-state index contributed by atoms with van der Waals surface area (Å²) in [6, 6.07) is 5.49. The van der Waals surface area contributed by atoms with Gasteiger partial charge in [-0.2, -0.15) is 0 Å². The largest absolute Gasteiger partial charge is 0.379 e. The standard InChI is InChI=1S/C19H26N4O3/c1-14-5-4-6-15-17(14)21-13-22(18(15)25)11-16(24)20-12-19(2,3)23-7-9-26-10-8-23/h4-6,13H,7-12H2,1-3H3,(H,20,24). The third-order valence-corrected chi connectivity index (χ3v) is 4.95. The fraction of sp³-hybridized carbons (Fsp3) is 0.526. The fourth-order valence-electron chi connectivity index (χ4n) is 3.26. The highest BCUT2D eigenvalue weighted by molar-refractivity contribution is 5.81. The molecule has 0 unspecified atom stereocenters. The van der Waals surface area contributed by atoms with Crippen LogP contribution in [0.2, 0.25) is 0 Å². The number of aryl methyl sites for hydroxylation is 1. The highest BCUT2D eigenvalue weighted by atomic mass is 16.5. The fourth-order valence-corrected chi connectivity index (χ4v) is 3.26. The van der Waals surface area contributed by atoms with E-state index in [0.717, 1.165) is 31.9 Å². The van der Waals surface area contributed by atoms with Gasteiger partial charge >= 0.3 is 0 Å². The van der Waals surface area contributed by atoms with Crippen LogP contribution in [0.5, 0.6) is 0 Å². The van der Waals surface area contributed by atoms with Crippen molar-refractivity contribution in [1.82, 2.24) is 19.8 Å². The van der Waals surface area contributed by atoms with Gasteiger partial charge in [-0.1, -0.05) is 12.1 Å². The lowest BCUT2D eigenvalue weighted by molar-refractivity contribution is -0.122. The average molecular weight is 358 g/mol. The van der Waals surface area contributed by atoms with Gasteiger partial charge < -0.3 is 10.1 Å². The average Bonchev–Trinajstić information content (AvgIpc) is 2.64. The Morgan fingerprint density at radius 2 is 2.04 bits per heavy atom. The first-order valence-corrected chi connectivity index (χ1v) is 8.93. The lowest BCUT2D eigenvalue weighted by Gasteiger charge is -2.40. The molecule has 1 aliphatic rings. The molecule has 140 valence electrons. The molecule has 1 aliphatic heterocycles. The minimum absolute atomic E-state index is 0.0328. The molecule has 0 spiro atoms. The molecular formula is C19H26N4O3. The van der Waals surface area contributed by atoms with Gasteiger partial charge in [0.05, 0.1) is 30.4 Å². The molecule has 1 N–H and O–H groups in total. The van der Waals surface area contributed by atoms with Gasteiger partial charge in [0.15, 0.2) is 0 Å². The van der Waals surface area contributed by atoms with Crippen LogP contribution in [0.25, 0.3) is 10.9 Å².